The van der Waals surface area contributed by atoms with E-state index in [2.05, 4.69) is 41.9 Å². The molecule has 2 aromatic carbocycles. The third kappa shape index (κ3) is 2.63. The zero-order valence-corrected chi connectivity index (χ0v) is 12.4. The fourth-order valence-corrected chi connectivity index (χ4v) is 3.46. The lowest BCUT2D eigenvalue weighted by Crippen LogP contribution is -2.17. The van der Waals surface area contributed by atoms with Gasteiger partial charge >= 0.3 is 0 Å². The van der Waals surface area contributed by atoms with Crippen LogP contribution in [0.4, 0.5) is 5.69 Å². The largest absolute Gasteiger partial charge is 0.508 e. The first-order valence-corrected chi connectivity index (χ1v) is 8.22. The number of nitrogens with one attached hydrogen (secondary N) is 1. The van der Waals surface area contributed by atoms with Crippen molar-refractivity contribution in [3.05, 3.63) is 53.6 Å². The SMILES string of the molecule is CSc1ccccc1NC1CCCc2cc(O)ccc21. The fraction of sp³-hybridized carbons (Fsp3) is 0.294. The Hall–Kier alpha value is -1.61. The summed E-state index contributed by atoms with van der Waals surface area (Å²) in [6.07, 6.45) is 5.47. The summed E-state index contributed by atoms with van der Waals surface area (Å²) in [7, 11) is 0. The van der Waals surface area contributed by atoms with Gasteiger partial charge in [-0.15, -0.1) is 11.8 Å². The molecule has 1 aliphatic carbocycles. The number of para-hydroxylation sites is 1. The molecule has 0 aliphatic heterocycles. The molecule has 2 N–H and O–H groups in total. The number of phenols is 1. The number of rotatable bonds is 3. The number of thioether (sulfide) groups is 1. The van der Waals surface area contributed by atoms with Crippen LogP contribution < -0.4 is 5.32 Å². The van der Waals surface area contributed by atoms with E-state index in [1.165, 1.54) is 21.7 Å². The standard InChI is InChI=1S/C17H19NOS/c1-20-17-8-3-2-6-16(17)18-15-7-4-5-12-11-13(19)9-10-14(12)15/h2-3,6,8-11,15,18-19H,4-5,7H2,1H3. The highest BCUT2D eigenvalue weighted by Gasteiger charge is 2.20. The predicted octanol–water partition coefficient (Wildman–Crippen LogP) is 4.60. The minimum Gasteiger partial charge on any atom is -0.508 e. The summed E-state index contributed by atoms with van der Waals surface area (Å²) < 4.78 is 0. The van der Waals surface area contributed by atoms with Crippen LogP contribution in [-0.2, 0) is 6.42 Å². The van der Waals surface area contributed by atoms with Crippen molar-refractivity contribution in [2.24, 2.45) is 0 Å². The lowest BCUT2D eigenvalue weighted by atomic mass is 9.87. The van der Waals surface area contributed by atoms with E-state index in [1.807, 2.05) is 6.07 Å². The van der Waals surface area contributed by atoms with Gasteiger partial charge in [0.1, 0.15) is 5.75 Å². The Bertz CT molecular complexity index is 612. The molecule has 0 saturated carbocycles. The van der Waals surface area contributed by atoms with Gasteiger partial charge in [-0.2, -0.15) is 0 Å². The fourth-order valence-electron chi connectivity index (χ4n) is 2.90. The predicted molar refractivity (Wildman–Crippen MR) is 85.6 cm³/mol. The van der Waals surface area contributed by atoms with Crippen molar-refractivity contribution >= 4 is 17.4 Å². The Morgan fingerprint density at radius 2 is 2.05 bits per heavy atom. The molecule has 0 saturated heterocycles. The van der Waals surface area contributed by atoms with Crippen molar-refractivity contribution in [3.63, 3.8) is 0 Å². The summed E-state index contributed by atoms with van der Waals surface area (Å²) in [5.74, 6) is 0.369. The zero-order valence-electron chi connectivity index (χ0n) is 11.6. The van der Waals surface area contributed by atoms with E-state index in [0.717, 1.165) is 19.3 Å². The molecular formula is C17H19NOS. The highest BCUT2D eigenvalue weighted by Crippen LogP contribution is 2.36. The summed E-state index contributed by atoms with van der Waals surface area (Å²) in [6, 6.07) is 14.5. The maximum Gasteiger partial charge on any atom is 0.115 e. The van der Waals surface area contributed by atoms with E-state index in [9.17, 15) is 5.11 Å². The highest BCUT2D eigenvalue weighted by atomic mass is 32.2. The van der Waals surface area contributed by atoms with Crippen molar-refractivity contribution in [2.75, 3.05) is 11.6 Å². The lowest BCUT2D eigenvalue weighted by Gasteiger charge is -2.28. The third-order valence-electron chi connectivity index (χ3n) is 3.88. The number of phenolic OH excluding ortho intramolecular Hbond substituents is 1. The van der Waals surface area contributed by atoms with Gasteiger partial charge < -0.3 is 10.4 Å². The molecular weight excluding hydrogens is 266 g/mol. The number of aryl methyl sites for hydroxylation is 1. The zero-order chi connectivity index (χ0) is 13.9. The molecule has 2 nitrogen and oxygen atoms in total. The summed E-state index contributed by atoms with van der Waals surface area (Å²) in [5, 5.41) is 13.3. The van der Waals surface area contributed by atoms with Gasteiger partial charge in [0.2, 0.25) is 0 Å². The minimum absolute atomic E-state index is 0.340. The monoisotopic (exact) mass is 285 g/mol. The first kappa shape index (κ1) is 13.4. The number of hydrogen-bond donors (Lipinski definition) is 2. The molecule has 1 unspecified atom stereocenters. The molecule has 0 amide bonds. The molecule has 20 heavy (non-hydrogen) atoms. The molecule has 1 atom stereocenters. The van der Waals surface area contributed by atoms with E-state index in [-0.39, 0.29) is 0 Å². The van der Waals surface area contributed by atoms with Gasteiger partial charge in [0.25, 0.3) is 0 Å². The number of aromatic hydroxyl groups is 1. The molecule has 0 bridgehead atoms. The molecule has 0 heterocycles. The second-order valence-corrected chi connectivity index (χ2v) is 6.02. The topological polar surface area (TPSA) is 32.3 Å². The van der Waals surface area contributed by atoms with Gasteiger partial charge in [-0.05, 0) is 60.9 Å². The van der Waals surface area contributed by atoms with E-state index in [4.69, 9.17) is 0 Å². The van der Waals surface area contributed by atoms with E-state index < -0.39 is 0 Å². The molecule has 0 fully saturated rings. The van der Waals surface area contributed by atoms with Crippen molar-refractivity contribution in [1.82, 2.24) is 0 Å². The quantitative estimate of drug-likeness (QED) is 0.808. The average molecular weight is 285 g/mol. The van der Waals surface area contributed by atoms with Gasteiger partial charge in [0.15, 0.2) is 0 Å². The van der Waals surface area contributed by atoms with Crippen LogP contribution in [0.15, 0.2) is 47.4 Å². The second-order valence-electron chi connectivity index (χ2n) is 5.17. The molecule has 104 valence electrons. The Kier molecular flexibility index (Phi) is 3.88. The third-order valence-corrected chi connectivity index (χ3v) is 4.67. The van der Waals surface area contributed by atoms with Crippen LogP contribution in [-0.4, -0.2) is 11.4 Å². The average Bonchev–Trinajstić information content (AvgIpc) is 2.47. The number of hydrogen-bond acceptors (Lipinski definition) is 3. The summed E-state index contributed by atoms with van der Waals surface area (Å²) in [5.41, 5.74) is 3.80. The van der Waals surface area contributed by atoms with Gasteiger partial charge in [0, 0.05) is 10.6 Å². The van der Waals surface area contributed by atoms with Crippen molar-refractivity contribution < 1.29 is 5.11 Å². The maximum absolute atomic E-state index is 9.62. The minimum atomic E-state index is 0.340. The Labute approximate surface area is 124 Å². The summed E-state index contributed by atoms with van der Waals surface area (Å²) in [6.45, 7) is 0. The van der Waals surface area contributed by atoms with E-state index in [1.54, 1.807) is 17.8 Å². The van der Waals surface area contributed by atoms with Crippen LogP contribution in [0, 0.1) is 0 Å². The lowest BCUT2D eigenvalue weighted by molar-refractivity contribution is 0.472. The molecule has 3 rings (SSSR count). The van der Waals surface area contributed by atoms with Crippen LogP contribution in [0.1, 0.15) is 30.0 Å². The molecule has 0 aromatic heterocycles. The van der Waals surface area contributed by atoms with Gasteiger partial charge in [0.05, 0.1) is 6.04 Å². The second kappa shape index (κ2) is 5.80. The van der Waals surface area contributed by atoms with Crippen LogP contribution in [0.25, 0.3) is 0 Å². The number of fused-ring (bicyclic) bond motifs is 1. The van der Waals surface area contributed by atoms with Crippen molar-refractivity contribution in [3.8, 4) is 5.75 Å². The van der Waals surface area contributed by atoms with Gasteiger partial charge in [-0.3, -0.25) is 0 Å². The van der Waals surface area contributed by atoms with Crippen LogP contribution in [0.3, 0.4) is 0 Å². The van der Waals surface area contributed by atoms with Crippen molar-refractivity contribution in [2.45, 2.75) is 30.2 Å². The summed E-state index contributed by atoms with van der Waals surface area (Å²) in [4.78, 5) is 1.28. The van der Waals surface area contributed by atoms with Crippen LogP contribution in [0.5, 0.6) is 5.75 Å². The number of benzene rings is 2. The van der Waals surface area contributed by atoms with Crippen molar-refractivity contribution in [1.29, 1.82) is 0 Å². The maximum atomic E-state index is 9.62. The smallest absolute Gasteiger partial charge is 0.115 e. The molecule has 0 spiro atoms. The molecule has 2 aromatic rings. The van der Waals surface area contributed by atoms with Crippen LogP contribution >= 0.6 is 11.8 Å². The van der Waals surface area contributed by atoms with E-state index in [0.29, 0.717) is 11.8 Å². The normalized spacial score (nSPS) is 17.6. The highest BCUT2D eigenvalue weighted by molar-refractivity contribution is 7.98. The molecule has 3 heteroatoms. The summed E-state index contributed by atoms with van der Waals surface area (Å²) >= 11 is 1.77. The van der Waals surface area contributed by atoms with Gasteiger partial charge in [-0.1, -0.05) is 18.2 Å². The van der Waals surface area contributed by atoms with E-state index >= 15 is 0 Å². The van der Waals surface area contributed by atoms with Crippen LogP contribution in [0.2, 0.25) is 0 Å². The van der Waals surface area contributed by atoms with Gasteiger partial charge in [-0.25, -0.2) is 0 Å². The first-order chi connectivity index (χ1) is 9.78. The molecule has 0 radical (unpaired) electrons. The Morgan fingerprint density at radius 1 is 1.20 bits per heavy atom. The number of anilines is 1. The first-order valence-electron chi connectivity index (χ1n) is 6.99. The molecule has 1 aliphatic rings. The Balaban J connectivity index is 1.89. The Morgan fingerprint density at radius 3 is 2.90 bits per heavy atom.